The molecule has 1 heterocycles. The summed E-state index contributed by atoms with van der Waals surface area (Å²) in [6.07, 6.45) is 3.19. The van der Waals surface area contributed by atoms with Gasteiger partial charge < -0.3 is 10.1 Å². The number of ether oxygens (including phenoxy) is 1. The van der Waals surface area contributed by atoms with Gasteiger partial charge in [-0.15, -0.1) is 0 Å². The first kappa shape index (κ1) is 13.9. The molecule has 3 unspecified atom stereocenters. The summed E-state index contributed by atoms with van der Waals surface area (Å²) in [5.41, 5.74) is 0. The molecule has 0 aromatic carbocycles. The van der Waals surface area contributed by atoms with Crippen LogP contribution < -0.4 is 5.32 Å². The van der Waals surface area contributed by atoms with Crippen LogP contribution in [0.3, 0.4) is 0 Å². The van der Waals surface area contributed by atoms with Gasteiger partial charge in [0.2, 0.25) is 0 Å². The van der Waals surface area contributed by atoms with E-state index in [9.17, 15) is 0 Å². The Morgan fingerprint density at radius 3 is 2.38 bits per heavy atom. The average Bonchev–Trinajstić information content (AvgIpc) is 2.23. The molecule has 0 bridgehead atoms. The third-order valence-corrected chi connectivity index (χ3v) is 3.24. The molecular formula is C13H28N2O. The normalized spacial score (nSPS) is 29.2. The molecule has 0 amide bonds. The lowest BCUT2D eigenvalue weighted by Gasteiger charge is -2.40. The van der Waals surface area contributed by atoms with Gasteiger partial charge in [-0.1, -0.05) is 13.8 Å². The summed E-state index contributed by atoms with van der Waals surface area (Å²) in [6, 6.07) is 0.667. The maximum atomic E-state index is 5.77. The highest BCUT2D eigenvalue weighted by molar-refractivity contribution is 4.80. The van der Waals surface area contributed by atoms with Crippen molar-refractivity contribution in [2.24, 2.45) is 0 Å². The third kappa shape index (κ3) is 4.40. The second kappa shape index (κ2) is 7.25. The maximum absolute atomic E-state index is 5.77. The van der Waals surface area contributed by atoms with Gasteiger partial charge in [-0.05, 0) is 33.2 Å². The van der Waals surface area contributed by atoms with Gasteiger partial charge in [0, 0.05) is 25.7 Å². The van der Waals surface area contributed by atoms with Crippen LogP contribution in [-0.4, -0.2) is 49.3 Å². The smallest absolute Gasteiger partial charge is 0.0678 e. The van der Waals surface area contributed by atoms with Crippen LogP contribution in [0.5, 0.6) is 0 Å². The zero-order valence-corrected chi connectivity index (χ0v) is 11.3. The van der Waals surface area contributed by atoms with E-state index in [0.717, 1.165) is 26.2 Å². The van der Waals surface area contributed by atoms with Gasteiger partial charge in [0.25, 0.3) is 0 Å². The summed E-state index contributed by atoms with van der Waals surface area (Å²) in [5.74, 6) is 0. The minimum atomic E-state index is 0.379. The minimum Gasteiger partial charge on any atom is -0.373 e. The van der Waals surface area contributed by atoms with Gasteiger partial charge in [-0.25, -0.2) is 0 Å². The van der Waals surface area contributed by atoms with Crippen molar-refractivity contribution in [2.75, 3.05) is 26.2 Å². The van der Waals surface area contributed by atoms with Crippen LogP contribution in [0.4, 0.5) is 0 Å². The topological polar surface area (TPSA) is 24.5 Å². The highest BCUT2D eigenvalue weighted by atomic mass is 16.5. The first-order chi connectivity index (χ1) is 7.67. The summed E-state index contributed by atoms with van der Waals surface area (Å²) < 4.78 is 5.77. The van der Waals surface area contributed by atoms with Crippen molar-refractivity contribution >= 4 is 0 Å². The van der Waals surface area contributed by atoms with Crippen molar-refractivity contribution in [1.82, 2.24) is 10.2 Å². The number of hydrogen-bond acceptors (Lipinski definition) is 3. The van der Waals surface area contributed by atoms with Gasteiger partial charge in [0.15, 0.2) is 0 Å². The molecule has 1 N–H and O–H groups in total. The molecule has 16 heavy (non-hydrogen) atoms. The van der Waals surface area contributed by atoms with E-state index in [1.54, 1.807) is 0 Å². The zero-order chi connectivity index (χ0) is 12.0. The van der Waals surface area contributed by atoms with Gasteiger partial charge in [0.05, 0.1) is 12.2 Å². The number of nitrogens with one attached hydrogen (secondary N) is 1. The average molecular weight is 228 g/mol. The molecule has 0 aromatic rings. The molecule has 3 heteroatoms. The fourth-order valence-corrected chi connectivity index (χ4v) is 2.49. The molecule has 3 atom stereocenters. The van der Waals surface area contributed by atoms with E-state index in [4.69, 9.17) is 4.74 Å². The summed E-state index contributed by atoms with van der Waals surface area (Å²) in [6.45, 7) is 13.3. The van der Waals surface area contributed by atoms with E-state index in [1.807, 2.05) is 0 Å². The molecule has 0 spiro atoms. The van der Waals surface area contributed by atoms with E-state index in [1.165, 1.54) is 12.8 Å². The number of rotatable bonds is 6. The molecule has 1 aliphatic heterocycles. The number of hydrogen-bond donors (Lipinski definition) is 1. The molecule has 1 rings (SSSR count). The summed E-state index contributed by atoms with van der Waals surface area (Å²) in [7, 11) is 0. The maximum Gasteiger partial charge on any atom is 0.0678 e. The van der Waals surface area contributed by atoms with Crippen LogP contribution in [0, 0.1) is 0 Å². The monoisotopic (exact) mass is 228 g/mol. The quantitative estimate of drug-likeness (QED) is 0.703. The standard InChI is InChI=1S/C13H28N2O/c1-5-7-14-8-13(6-2)15-9-11(3)16-12(4)10-15/h11-14H,5-10H2,1-4H3. The first-order valence-corrected chi connectivity index (χ1v) is 6.77. The van der Waals surface area contributed by atoms with Crippen molar-refractivity contribution in [3.63, 3.8) is 0 Å². The highest BCUT2D eigenvalue weighted by Crippen LogP contribution is 2.14. The van der Waals surface area contributed by atoms with Crippen LogP contribution in [0.1, 0.15) is 40.5 Å². The van der Waals surface area contributed by atoms with E-state index in [0.29, 0.717) is 18.2 Å². The molecule has 3 nitrogen and oxygen atoms in total. The Bertz CT molecular complexity index is 177. The van der Waals surface area contributed by atoms with E-state index in [-0.39, 0.29) is 0 Å². The first-order valence-electron chi connectivity index (χ1n) is 6.77. The molecule has 1 saturated heterocycles. The van der Waals surface area contributed by atoms with Gasteiger partial charge in [-0.3, -0.25) is 4.90 Å². The van der Waals surface area contributed by atoms with Crippen molar-refractivity contribution < 1.29 is 4.74 Å². The predicted molar refractivity (Wildman–Crippen MR) is 68.8 cm³/mol. The molecular weight excluding hydrogens is 200 g/mol. The van der Waals surface area contributed by atoms with Crippen LogP contribution >= 0.6 is 0 Å². The molecule has 1 fully saturated rings. The zero-order valence-electron chi connectivity index (χ0n) is 11.3. The lowest BCUT2D eigenvalue weighted by atomic mass is 10.1. The molecule has 0 aliphatic carbocycles. The Labute approximate surface area is 101 Å². The number of morpholine rings is 1. The van der Waals surface area contributed by atoms with E-state index < -0.39 is 0 Å². The largest absolute Gasteiger partial charge is 0.373 e. The van der Waals surface area contributed by atoms with Crippen molar-refractivity contribution in [1.29, 1.82) is 0 Å². The Morgan fingerprint density at radius 1 is 1.25 bits per heavy atom. The Morgan fingerprint density at radius 2 is 1.88 bits per heavy atom. The summed E-state index contributed by atoms with van der Waals surface area (Å²) in [4.78, 5) is 2.58. The summed E-state index contributed by atoms with van der Waals surface area (Å²) in [5, 5.41) is 3.53. The van der Waals surface area contributed by atoms with Gasteiger partial charge >= 0.3 is 0 Å². The van der Waals surface area contributed by atoms with E-state index >= 15 is 0 Å². The van der Waals surface area contributed by atoms with Crippen LogP contribution in [0.25, 0.3) is 0 Å². The second-order valence-electron chi connectivity index (χ2n) is 4.98. The van der Waals surface area contributed by atoms with Crippen LogP contribution in [0.2, 0.25) is 0 Å². The Balaban J connectivity index is 2.38. The second-order valence-corrected chi connectivity index (χ2v) is 4.98. The molecule has 1 aliphatic rings. The molecule has 0 aromatic heterocycles. The van der Waals surface area contributed by atoms with Crippen LogP contribution in [-0.2, 0) is 4.74 Å². The van der Waals surface area contributed by atoms with Gasteiger partial charge in [-0.2, -0.15) is 0 Å². The third-order valence-electron chi connectivity index (χ3n) is 3.24. The van der Waals surface area contributed by atoms with Gasteiger partial charge in [0.1, 0.15) is 0 Å². The SMILES string of the molecule is CCCNCC(CC)N1CC(C)OC(C)C1. The lowest BCUT2D eigenvalue weighted by molar-refractivity contribution is -0.0804. The minimum absolute atomic E-state index is 0.379. The molecule has 96 valence electrons. The fraction of sp³-hybridized carbons (Fsp3) is 1.00. The molecule has 0 radical (unpaired) electrons. The highest BCUT2D eigenvalue weighted by Gasteiger charge is 2.26. The van der Waals surface area contributed by atoms with Crippen molar-refractivity contribution in [3.05, 3.63) is 0 Å². The Hall–Kier alpha value is -0.120. The predicted octanol–water partition coefficient (Wildman–Crippen LogP) is 1.87. The van der Waals surface area contributed by atoms with Crippen LogP contribution in [0.15, 0.2) is 0 Å². The fourth-order valence-electron chi connectivity index (χ4n) is 2.49. The Kier molecular flexibility index (Phi) is 6.32. The number of nitrogens with zero attached hydrogens (tertiary/aromatic N) is 1. The summed E-state index contributed by atoms with van der Waals surface area (Å²) >= 11 is 0. The van der Waals surface area contributed by atoms with Crippen molar-refractivity contribution in [3.8, 4) is 0 Å². The van der Waals surface area contributed by atoms with Crippen molar-refractivity contribution in [2.45, 2.75) is 58.8 Å². The van der Waals surface area contributed by atoms with E-state index in [2.05, 4.69) is 37.9 Å². The lowest BCUT2D eigenvalue weighted by Crippen LogP contribution is -2.52. The molecule has 0 saturated carbocycles.